The van der Waals surface area contributed by atoms with Crippen molar-refractivity contribution in [3.05, 3.63) is 152 Å². The molecular formula is C38H25BN4S. The summed E-state index contributed by atoms with van der Waals surface area (Å²) in [4.78, 5) is 12.2. The Bertz CT molecular complexity index is 2280. The predicted octanol–water partition coefficient (Wildman–Crippen LogP) is 7.60. The monoisotopic (exact) mass is 580 g/mol. The van der Waals surface area contributed by atoms with E-state index in [9.17, 15) is 0 Å². The fraction of sp³-hybridized carbons (Fsp3) is 0. The van der Waals surface area contributed by atoms with E-state index in [-0.39, 0.29) is 6.71 Å². The Morgan fingerprint density at radius 2 is 1.16 bits per heavy atom. The van der Waals surface area contributed by atoms with Gasteiger partial charge in [0.25, 0.3) is 6.71 Å². The van der Waals surface area contributed by atoms with E-state index in [1.807, 2.05) is 41.9 Å². The van der Waals surface area contributed by atoms with E-state index in [0.717, 1.165) is 22.8 Å². The smallest absolute Gasteiger partial charge is 0.280 e. The Morgan fingerprint density at radius 3 is 1.91 bits per heavy atom. The topological polar surface area (TPSA) is 34.0 Å². The van der Waals surface area contributed by atoms with Crippen molar-refractivity contribution in [2.24, 2.45) is 0 Å². The van der Waals surface area contributed by atoms with Crippen LogP contribution in [-0.2, 0) is 0 Å². The minimum Gasteiger partial charge on any atom is -0.319 e. The highest BCUT2D eigenvalue weighted by molar-refractivity contribution is 7.33. The zero-order chi connectivity index (χ0) is 29.0. The van der Waals surface area contributed by atoms with E-state index < -0.39 is 0 Å². The van der Waals surface area contributed by atoms with Crippen LogP contribution in [0.4, 0.5) is 17.1 Å². The number of hydrogen-bond acceptors (Lipinski definition) is 4. The molecule has 44 heavy (non-hydrogen) atoms. The number of thiophene rings is 1. The van der Waals surface area contributed by atoms with Crippen LogP contribution in [-0.4, -0.2) is 21.2 Å². The molecule has 6 heteroatoms. The summed E-state index contributed by atoms with van der Waals surface area (Å²) in [5.74, 6) is 0.718. The first-order valence-corrected chi connectivity index (χ1v) is 15.6. The zero-order valence-electron chi connectivity index (χ0n) is 23.7. The predicted molar refractivity (Wildman–Crippen MR) is 185 cm³/mol. The van der Waals surface area contributed by atoms with Crippen molar-refractivity contribution in [2.45, 2.75) is 0 Å². The van der Waals surface area contributed by atoms with Gasteiger partial charge in [0, 0.05) is 37.1 Å². The van der Waals surface area contributed by atoms with Crippen LogP contribution in [0.5, 0.6) is 0 Å². The van der Waals surface area contributed by atoms with Gasteiger partial charge in [0.05, 0.1) is 35.0 Å². The summed E-state index contributed by atoms with van der Waals surface area (Å²) in [6.45, 7) is 0.0342. The van der Waals surface area contributed by atoms with E-state index >= 15 is 0 Å². The Balaban J connectivity index is 1.40. The molecule has 206 valence electrons. The Labute approximate surface area is 259 Å². The Kier molecular flexibility index (Phi) is 5.74. The molecule has 3 aromatic heterocycles. The van der Waals surface area contributed by atoms with Gasteiger partial charge >= 0.3 is 0 Å². The van der Waals surface area contributed by atoms with E-state index in [4.69, 9.17) is 9.97 Å². The molecule has 1 aliphatic heterocycles. The molecule has 8 aromatic rings. The first-order chi connectivity index (χ1) is 21.9. The van der Waals surface area contributed by atoms with Gasteiger partial charge < -0.3 is 9.47 Å². The summed E-state index contributed by atoms with van der Waals surface area (Å²) in [6, 6.07) is 49.4. The van der Waals surface area contributed by atoms with Gasteiger partial charge in [-0.2, -0.15) is 0 Å². The number of benzene rings is 5. The molecule has 0 N–H and O–H groups in total. The van der Waals surface area contributed by atoms with Gasteiger partial charge in [-0.3, -0.25) is 0 Å². The number of fused-ring (bicyclic) bond motifs is 6. The lowest BCUT2D eigenvalue weighted by Gasteiger charge is -2.34. The molecule has 9 rings (SSSR count). The van der Waals surface area contributed by atoms with Gasteiger partial charge in [-0.1, -0.05) is 121 Å². The van der Waals surface area contributed by atoms with Crippen LogP contribution in [0.3, 0.4) is 0 Å². The average Bonchev–Trinajstić information content (AvgIpc) is 3.65. The number of hydrogen-bond donors (Lipinski definition) is 0. The summed E-state index contributed by atoms with van der Waals surface area (Å²) in [5.41, 5.74) is 9.17. The molecule has 5 aromatic carbocycles. The van der Waals surface area contributed by atoms with E-state index in [0.29, 0.717) is 0 Å². The third-order valence-electron chi connectivity index (χ3n) is 8.54. The lowest BCUT2D eigenvalue weighted by Crippen LogP contribution is -2.58. The summed E-state index contributed by atoms with van der Waals surface area (Å²) in [7, 11) is 0. The second-order valence-electron chi connectivity index (χ2n) is 11.0. The van der Waals surface area contributed by atoms with Crippen molar-refractivity contribution < 1.29 is 0 Å². The first kappa shape index (κ1) is 25.1. The maximum Gasteiger partial charge on any atom is 0.280 e. The molecule has 4 heterocycles. The maximum absolute atomic E-state index is 4.90. The van der Waals surface area contributed by atoms with Crippen molar-refractivity contribution in [3.8, 4) is 17.1 Å². The highest BCUT2D eigenvalue weighted by Crippen LogP contribution is 2.46. The molecular weight excluding hydrogens is 555 g/mol. The normalized spacial score (nSPS) is 12.5. The van der Waals surface area contributed by atoms with Gasteiger partial charge in [0.2, 0.25) is 0 Å². The summed E-state index contributed by atoms with van der Waals surface area (Å²) < 4.78 is 5.05. The lowest BCUT2D eigenvalue weighted by molar-refractivity contribution is 1.13. The van der Waals surface area contributed by atoms with Gasteiger partial charge in [-0.15, -0.1) is 11.3 Å². The van der Waals surface area contributed by atoms with Crippen molar-refractivity contribution in [3.63, 3.8) is 0 Å². The van der Waals surface area contributed by atoms with Crippen molar-refractivity contribution >= 4 is 71.9 Å². The minimum atomic E-state index is 0.0342. The first-order valence-electron chi connectivity index (χ1n) is 14.8. The van der Waals surface area contributed by atoms with Crippen molar-refractivity contribution in [1.29, 1.82) is 0 Å². The maximum atomic E-state index is 4.90. The van der Waals surface area contributed by atoms with Gasteiger partial charge in [-0.05, 0) is 24.3 Å². The van der Waals surface area contributed by atoms with Crippen LogP contribution >= 0.6 is 11.3 Å². The Morgan fingerprint density at radius 1 is 0.545 bits per heavy atom. The van der Waals surface area contributed by atoms with E-state index in [1.54, 1.807) is 0 Å². The molecule has 0 fully saturated rings. The number of aromatic nitrogens is 3. The fourth-order valence-electron chi connectivity index (χ4n) is 6.70. The molecule has 0 aliphatic carbocycles. The van der Waals surface area contributed by atoms with Crippen LogP contribution in [0, 0.1) is 0 Å². The quantitative estimate of drug-likeness (QED) is 0.201. The SMILES string of the molecule is c1ccc(B2c3sc4ccccc4c3N(c3cnc(-c4ccccc4)nc3)c3c2n(-c2ccccc2)c2ccccc32)cc1. The molecule has 0 saturated heterocycles. The molecule has 0 saturated carbocycles. The van der Waals surface area contributed by atoms with Crippen LogP contribution < -0.4 is 20.7 Å². The molecule has 0 spiro atoms. The highest BCUT2D eigenvalue weighted by atomic mass is 32.1. The third kappa shape index (κ3) is 3.78. The third-order valence-corrected chi connectivity index (χ3v) is 9.76. The molecule has 0 atom stereocenters. The number of rotatable bonds is 4. The standard InChI is InChI=1S/C38H25BN4S/c1-4-14-26(15-5-1)38-40-24-29(25-41-38)43-34-30-20-10-12-22-32(30)42(28-18-8-3-9-19-28)36(34)39(27-16-6-2-7-17-27)37-35(43)31-21-11-13-23-33(31)44-37/h1-25H. The molecule has 1 aliphatic rings. The lowest BCUT2D eigenvalue weighted by atomic mass is 9.39. The van der Waals surface area contributed by atoms with E-state index in [1.165, 1.54) is 48.2 Å². The van der Waals surface area contributed by atoms with Crippen LogP contribution in [0.25, 0.3) is 38.1 Å². The zero-order valence-corrected chi connectivity index (χ0v) is 24.5. The summed E-state index contributed by atoms with van der Waals surface area (Å²) >= 11 is 1.88. The summed E-state index contributed by atoms with van der Waals surface area (Å²) in [5, 5.41) is 2.43. The van der Waals surface area contributed by atoms with Crippen molar-refractivity contribution in [1.82, 2.24) is 14.5 Å². The molecule has 0 bridgehead atoms. The van der Waals surface area contributed by atoms with Gasteiger partial charge in [-0.25, -0.2) is 9.97 Å². The highest BCUT2D eigenvalue weighted by Gasteiger charge is 2.42. The molecule has 0 amide bonds. The van der Waals surface area contributed by atoms with Crippen LogP contribution in [0.15, 0.2) is 152 Å². The van der Waals surface area contributed by atoms with Gasteiger partial charge in [0.1, 0.15) is 0 Å². The van der Waals surface area contributed by atoms with E-state index in [2.05, 4.69) is 131 Å². The second-order valence-corrected chi connectivity index (χ2v) is 12.1. The molecule has 4 nitrogen and oxygen atoms in total. The Hall–Kier alpha value is -5.46. The minimum absolute atomic E-state index is 0.0342. The summed E-state index contributed by atoms with van der Waals surface area (Å²) in [6.07, 6.45) is 3.96. The van der Waals surface area contributed by atoms with Crippen LogP contribution in [0.2, 0.25) is 0 Å². The number of para-hydroxylation sites is 2. The fourth-order valence-corrected chi connectivity index (χ4v) is 8.02. The van der Waals surface area contributed by atoms with Gasteiger partial charge in [0.15, 0.2) is 5.82 Å². The number of nitrogens with zero attached hydrogens (tertiary/aromatic N) is 4. The largest absolute Gasteiger partial charge is 0.319 e. The number of anilines is 3. The molecule has 0 radical (unpaired) electrons. The average molecular weight is 581 g/mol. The van der Waals surface area contributed by atoms with Crippen LogP contribution in [0.1, 0.15) is 0 Å². The second kappa shape index (κ2) is 10.1. The molecule has 0 unspecified atom stereocenters. The van der Waals surface area contributed by atoms with Crippen molar-refractivity contribution in [2.75, 3.05) is 4.90 Å².